The molecule has 0 aliphatic heterocycles. The van der Waals surface area contributed by atoms with E-state index in [1.54, 1.807) is 0 Å². The molecule has 25 heavy (non-hydrogen) atoms. The van der Waals surface area contributed by atoms with Crippen LogP contribution >= 0.6 is 12.4 Å². The Bertz CT molecular complexity index is 720. The quantitative estimate of drug-likeness (QED) is 0.622. The second-order valence-corrected chi connectivity index (χ2v) is 6.01. The molecule has 3 rings (SSSR count). The minimum absolute atomic E-state index is 0. The second-order valence-electron chi connectivity index (χ2n) is 6.01. The molecular formula is C21H27ClN2O. The number of nitrogens with zero attached hydrogens (tertiary/aromatic N) is 1. The number of halogens is 1. The maximum Gasteiger partial charge on any atom is 0.134 e. The largest absolute Gasteiger partial charge is 0.459 e. The van der Waals surface area contributed by atoms with Gasteiger partial charge in [0.25, 0.3) is 0 Å². The van der Waals surface area contributed by atoms with Crippen molar-refractivity contribution in [3.63, 3.8) is 0 Å². The van der Waals surface area contributed by atoms with Gasteiger partial charge in [0.2, 0.25) is 0 Å². The zero-order valence-electron chi connectivity index (χ0n) is 14.9. The van der Waals surface area contributed by atoms with Crippen LogP contribution in [0.5, 0.6) is 0 Å². The first-order valence-corrected chi connectivity index (χ1v) is 8.81. The summed E-state index contributed by atoms with van der Waals surface area (Å²) >= 11 is 0. The van der Waals surface area contributed by atoms with Gasteiger partial charge in [0.1, 0.15) is 11.3 Å². The number of nitrogens with one attached hydrogen (secondary N) is 1. The van der Waals surface area contributed by atoms with E-state index in [1.807, 2.05) is 18.2 Å². The highest BCUT2D eigenvalue weighted by Gasteiger charge is 2.18. The molecule has 0 fully saturated rings. The van der Waals surface area contributed by atoms with Crippen molar-refractivity contribution in [3.05, 3.63) is 72.0 Å². The summed E-state index contributed by atoms with van der Waals surface area (Å²) in [5.41, 5.74) is 2.18. The summed E-state index contributed by atoms with van der Waals surface area (Å²) in [5, 5.41) is 4.83. The number of hydrogen-bond donors (Lipinski definition) is 1. The third kappa shape index (κ3) is 4.85. The molecule has 0 aliphatic carbocycles. The topological polar surface area (TPSA) is 28.4 Å². The first-order valence-electron chi connectivity index (χ1n) is 8.81. The summed E-state index contributed by atoms with van der Waals surface area (Å²) in [4.78, 5) is 2.42. The standard InChI is InChI=1S/C21H26N2O.ClH/c1-3-23(4-2)15-14-22-21(17-10-6-5-7-11-17)20-16-18-12-8-9-13-19(18)24-20;/h5-13,16,21-22H,3-4,14-15H2,1-2H3;1H. The number of para-hydroxylation sites is 1. The molecule has 4 heteroatoms. The normalized spacial score (nSPS) is 12.3. The van der Waals surface area contributed by atoms with Crippen molar-refractivity contribution in [3.8, 4) is 0 Å². The molecule has 1 aromatic heterocycles. The van der Waals surface area contributed by atoms with Gasteiger partial charge in [-0.1, -0.05) is 62.4 Å². The van der Waals surface area contributed by atoms with E-state index in [9.17, 15) is 0 Å². The van der Waals surface area contributed by atoms with Crippen molar-refractivity contribution in [1.82, 2.24) is 10.2 Å². The Labute approximate surface area is 156 Å². The molecule has 0 spiro atoms. The van der Waals surface area contributed by atoms with Crippen molar-refractivity contribution in [1.29, 1.82) is 0 Å². The second kappa shape index (κ2) is 9.62. The Morgan fingerprint density at radius 2 is 1.64 bits per heavy atom. The summed E-state index contributed by atoms with van der Waals surface area (Å²) in [6.45, 7) is 8.54. The zero-order chi connectivity index (χ0) is 16.8. The fourth-order valence-electron chi connectivity index (χ4n) is 3.08. The maximum absolute atomic E-state index is 6.12. The number of fused-ring (bicyclic) bond motifs is 1. The summed E-state index contributed by atoms with van der Waals surface area (Å²) in [7, 11) is 0. The Hall–Kier alpha value is -1.81. The van der Waals surface area contributed by atoms with Gasteiger partial charge in [0, 0.05) is 18.5 Å². The number of furan rings is 1. The molecule has 3 aromatic rings. The van der Waals surface area contributed by atoms with Crippen LogP contribution in [0.3, 0.4) is 0 Å². The molecule has 1 N–H and O–H groups in total. The van der Waals surface area contributed by atoms with E-state index in [2.05, 4.69) is 66.5 Å². The Balaban J connectivity index is 0.00000225. The number of benzene rings is 2. The molecule has 0 saturated heterocycles. The van der Waals surface area contributed by atoms with Crippen molar-refractivity contribution >= 4 is 23.4 Å². The highest BCUT2D eigenvalue weighted by Crippen LogP contribution is 2.28. The molecule has 2 aromatic carbocycles. The Morgan fingerprint density at radius 3 is 2.32 bits per heavy atom. The monoisotopic (exact) mass is 358 g/mol. The number of hydrogen-bond acceptors (Lipinski definition) is 3. The zero-order valence-corrected chi connectivity index (χ0v) is 15.8. The predicted molar refractivity (Wildman–Crippen MR) is 108 cm³/mol. The Morgan fingerprint density at radius 1 is 0.960 bits per heavy atom. The molecule has 0 aliphatic rings. The van der Waals surface area contributed by atoms with Crippen LogP contribution in [-0.4, -0.2) is 31.1 Å². The fraction of sp³-hybridized carbons (Fsp3) is 0.333. The average Bonchev–Trinajstić information content (AvgIpc) is 3.06. The van der Waals surface area contributed by atoms with E-state index < -0.39 is 0 Å². The highest BCUT2D eigenvalue weighted by atomic mass is 35.5. The van der Waals surface area contributed by atoms with Crippen LogP contribution in [0.25, 0.3) is 11.0 Å². The highest BCUT2D eigenvalue weighted by molar-refractivity contribution is 5.85. The summed E-state index contributed by atoms with van der Waals surface area (Å²) < 4.78 is 6.12. The lowest BCUT2D eigenvalue weighted by atomic mass is 10.0. The van der Waals surface area contributed by atoms with Crippen molar-refractivity contribution in [2.24, 2.45) is 0 Å². The Kier molecular flexibility index (Phi) is 7.51. The SMILES string of the molecule is CCN(CC)CCNC(c1ccccc1)c1cc2ccccc2o1.Cl. The summed E-state index contributed by atoms with van der Waals surface area (Å²) in [6, 6.07) is 20.9. The third-order valence-electron chi connectivity index (χ3n) is 4.53. The van der Waals surface area contributed by atoms with Gasteiger partial charge in [0.15, 0.2) is 0 Å². The van der Waals surface area contributed by atoms with Crippen molar-refractivity contribution < 1.29 is 4.42 Å². The van der Waals surface area contributed by atoms with Gasteiger partial charge in [-0.2, -0.15) is 0 Å². The van der Waals surface area contributed by atoms with Crippen LogP contribution in [-0.2, 0) is 0 Å². The van der Waals surface area contributed by atoms with Gasteiger partial charge in [-0.3, -0.25) is 0 Å². The first kappa shape index (κ1) is 19.5. The number of rotatable bonds is 8. The van der Waals surface area contributed by atoms with E-state index in [0.29, 0.717) is 0 Å². The first-order chi connectivity index (χ1) is 11.8. The van der Waals surface area contributed by atoms with Crippen LogP contribution in [0.1, 0.15) is 31.2 Å². The predicted octanol–water partition coefficient (Wildman–Crippen LogP) is 4.88. The van der Waals surface area contributed by atoms with Gasteiger partial charge in [0.05, 0.1) is 6.04 Å². The van der Waals surface area contributed by atoms with Crippen LogP contribution in [0.2, 0.25) is 0 Å². The van der Waals surface area contributed by atoms with Gasteiger partial charge in [-0.05, 0) is 30.8 Å². The molecular weight excluding hydrogens is 332 g/mol. The molecule has 1 heterocycles. The van der Waals surface area contributed by atoms with E-state index in [4.69, 9.17) is 4.42 Å². The smallest absolute Gasteiger partial charge is 0.134 e. The lowest BCUT2D eigenvalue weighted by molar-refractivity contribution is 0.296. The van der Waals surface area contributed by atoms with Crippen molar-refractivity contribution in [2.45, 2.75) is 19.9 Å². The molecule has 0 saturated carbocycles. The van der Waals surface area contributed by atoms with Gasteiger partial charge in [-0.15, -0.1) is 12.4 Å². The molecule has 0 bridgehead atoms. The molecule has 3 nitrogen and oxygen atoms in total. The van der Waals surface area contributed by atoms with Crippen LogP contribution < -0.4 is 5.32 Å². The minimum atomic E-state index is 0. The average molecular weight is 359 g/mol. The molecule has 134 valence electrons. The van der Waals surface area contributed by atoms with Gasteiger partial charge < -0.3 is 14.6 Å². The maximum atomic E-state index is 6.12. The van der Waals surface area contributed by atoms with E-state index in [1.165, 1.54) is 5.56 Å². The fourth-order valence-corrected chi connectivity index (χ4v) is 3.08. The van der Waals surface area contributed by atoms with Gasteiger partial charge in [-0.25, -0.2) is 0 Å². The van der Waals surface area contributed by atoms with Crippen molar-refractivity contribution in [2.75, 3.05) is 26.2 Å². The third-order valence-corrected chi connectivity index (χ3v) is 4.53. The van der Waals surface area contributed by atoms with Crippen LogP contribution in [0.4, 0.5) is 0 Å². The van der Waals surface area contributed by atoms with Gasteiger partial charge >= 0.3 is 0 Å². The van der Waals surface area contributed by atoms with Crippen LogP contribution in [0.15, 0.2) is 65.1 Å². The number of likely N-dealkylation sites (N-methyl/N-ethyl adjacent to an activating group) is 1. The lowest BCUT2D eigenvalue weighted by Crippen LogP contribution is -2.34. The van der Waals surface area contributed by atoms with E-state index in [-0.39, 0.29) is 18.4 Å². The molecule has 1 unspecified atom stereocenters. The van der Waals surface area contributed by atoms with Crippen LogP contribution in [0, 0.1) is 0 Å². The molecule has 1 atom stereocenters. The van der Waals surface area contributed by atoms with E-state index >= 15 is 0 Å². The lowest BCUT2D eigenvalue weighted by Gasteiger charge is -2.21. The summed E-state index contributed by atoms with van der Waals surface area (Å²) in [6.07, 6.45) is 0. The molecule has 0 amide bonds. The van der Waals surface area contributed by atoms with E-state index in [0.717, 1.165) is 42.9 Å². The molecule has 0 radical (unpaired) electrons. The minimum Gasteiger partial charge on any atom is -0.459 e. The summed E-state index contributed by atoms with van der Waals surface area (Å²) in [5.74, 6) is 0.974.